The number of hydrogen-bond donors (Lipinski definition) is 0. The molecule has 3 aromatic carbocycles. The summed E-state index contributed by atoms with van der Waals surface area (Å²) in [7, 11) is 17.6. The monoisotopic (exact) mass is 665 g/mol. The third-order valence-electron chi connectivity index (χ3n) is 10.6. The van der Waals surface area contributed by atoms with Crippen molar-refractivity contribution >= 4 is 42.6 Å². The van der Waals surface area contributed by atoms with E-state index in [0.29, 0.717) is 23.7 Å². The fourth-order valence-electron chi connectivity index (χ4n) is 8.18. The summed E-state index contributed by atoms with van der Waals surface area (Å²) < 4.78 is 0.135. The summed E-state index contributed by atoms with van der Waals surface area (Å²) in [5, 5.41) is 1.39. The number of rotatable bonds is 8. The van der Waals surface area contributed by atoms with Gasteiger partial charge in [0.25, 0.3) is 0 Å². The van der Waals surface area contributed by atoms with E-state index < -0.39 is 19.1 Å². The zero-order valence-electron chi connectivity index (χ0n) is 28.1. The van der Waals surface area contributed by atoms with Crippen molar-refractivity contribution in [1.29, 1.82) is 0 Å². The Labute approximate surface area is 271 Å². The Morgan fingerprint density at radius 1 is 0.605 bits per heavy atom. The van der Waals surface area contributed by atoms with Crippen LogP contribution in [0.3, 0.4) is 0 Å². The van der Waals surface area contributed by atoms with Crippen LogP contribution >= 0.6 is 18.6 Å². The quantitative estimate of drug-likeness (QED) is 0.210. The fourth-order valence-corrected chi connectivity index (χ4v) is 36.8. The molecule has 3 aromatic rings. The molecule has 0 saturated heterocycles. The summed E-state index contributed by atoms with van der Waals surface area (Å²) in [5.41, 5.74) is 13.9. The minimum absolute atomic E-state index is 0.0675. The topological polar surface area (TPSA) is 0 Å². The Morgan fingerprint density at radius 2 is 1.00 bits per heavy atom. The minimum atomic E-state index is -4.69. The van der Waals surface area contributed by atoms with Crippen molar-refractivity contribution in [2.75, 3.05) is 0 Å². The second kappa shape index (κ2) is 11.8. The molecule has 0 nitrogen and oxygen atoms in total. The summed E-state index contributed by atoms with van der Waals surface area (Å²) in [6.07, 6.45) is 4.91. The first-order valence-electron chi connectivity index (χ1n) is 16.4. The Hall–Kier alpha value is -1.35. The van der Waals surface area contributed by atoms with Gasteiger partial charge in [-0.25, -0.2) is 0 Å². The van der Waals surface area contributed by atoms with Crippen LogP contribution in [-0.4, -0.2) is 6.66 Å². The molecule has 0 saturated carbocycles. The number of fused-ring (bicyclic) bond motifs is 2. The zero-order valence-corrected chi connectivity index (χ0v) is 32.4. The fraction of sp³-hybridized carbons (Fsp3) is 0.436. The first-order chi connectivity index (χ1) is 20.1. The van der Waals surface area contributed by atoms with Gasteiger partial charge in [-0.2, -0.15) is 0 Å². The Balaban J connectivity index is 1.88. The van der Waals surface area contributed by atoms with Crippen LogP contribution in [0.15, 0.2) is 65.7 Å². The molecular formula is C39H51Cl2SiTi. The van der Waals surface area contributed by atoms with Gasteiger partial charge < -0.3 is 0 Å². The molecule has 0 amide bonds. The molecule has 0 aliphatic heterocycles. The van der Waals surface area contributed by atoms with Crippen molar-refractivity contribution in [3.05, 3.63) is 110 Å². The van der Waals surface area contributed by atoms with Crippen LogP contribution in [-0.2, 0) is 12.4 Å². The number of benzene rings is 3. The number of hydrogen-bond acceptors (Lipinski definition) is 0. The molecule has 2 aliphatic carbocycles. The van der Waals surface area contributed by atoms with Crippen molar-refractivity contribution in [3.63, 3.8) is 0 Å². The molecular weight excluding hydrogens is 615 g/mol. The van der Waals surface area contributed by atoms with Crippen molar-refractivity contribution in [1.82, 2.24) is 0 Å². The molecule has 0 bridgehead atoms. The van der Waals surface area contributed by atoms with Gasteiger partial charge in [-0.05, 0) is 0 Å². The van der Waals surface area contributed by atoms with E-state index >= 15 is 0 Å². The van der Waals surface area contributed by atoms with Crippen LogP contribution in [0.5, 0.6) is 0 Å². The summed E-state index contributed by atoms with van der Waals surface area (Å²) in [6.45, 7) is 23.7. The van der Waals surface area contributed by atoms with Gasteiger partial charge in [-0.15, -0.1) is 0 Å². The number of allylic oxidation sites excluding steroid dienone is 2. The maximum absolute atomic E-state index is 8.80. The van der Waals surface area contributed by atoms with Gasteiger partial charge >= 0.3 is 273 Å². The summed E-state index contributed by atoms with van der Waals surface area (Å²) in [5.74, 6) is 1.74. The molecule has 0 heterocycles. The van der Waals surface area contributed by atoms with Crippen molar-refractivity contribution in [2.24, 2.45) is 0 Å². The van der Waals surface area contributed by atoms with Gasteiger partial charge in [0, 0.05) is 0 Å². The maximum atomic E-state index is 8.80. The SMILES string of the molecule is CC1=Cc2c(C(C)C)cc(C(C)C)cc2[CH]1[Ti]([Cl])([Cl])([CH]1C(C)=Cc2c(C(C)C)cc(C(C)C)cc21)[SiH](C)c1ccccc1. The third-order valence-corrected chi connectivity index (χ3v) is 43.3. The molecule has 2 aliphatic rings. The molecule has 0 aromatic heterocycles. The molecule has 3 atom stereocenters. The van der Waals surface area contributed by atoms with Crippen LogP contribution < -0.4 is 5.19 Å². The summed E-state index contributed by atoms with van der Waals surface area (Å²) >= 11 is -4.69. The van der Waals surface area contributed by atoms with Crippen LogP contribution in [0.25, 0.3) is 12.2 Å². The van der Waals surface area contributed by atoms with E-state index in [1.165, 1.54) is 60.8 Å². The molecule has 0 spiro atoms. The summed E-state index contributed by atoms with van der Waals surface area (Å²) in [4.78, 5) is 0. The van der Waals surface area contributed by atoms with E-state index in [2.05, 4.69) is 143 Å². The van der Waals surface area contributed by atoms with Gasteiger partial charge in [0.05, 0.1) is 0 Å². The normalized spacial score (nSPS) is 19.9. The second-order valence-electron chi connectivity index (χ2n) is 14.8. The van der Waals surface area contributed by atoms with E-state index in [9.17, 15) is 0 Å². The molecule has 5 rings (SSSR count). The molecule has 43 heavy (non-hydrogen) atoms. The zero-order chi connectivity index (χ0) is 31.6. The van der Waals surface area contributed by atoms with E-state index in [1.54, 1.807) is 0 Å². The van der Waals surface area contributed by atoms with Gasteiger partial charge in [-0.3, -0.25) is 0 Å². The van der Waals surface area contributed by atoms with E-state index in [1.807, 2.05) is 0 Å². The third kappa shape index (κ3) is 5.34. The molecule has 4 heteroatoms. The number of halogens is 2. The van der Waals surface area contributed by atoms with E-state index in [-0.39, 0.29) is 8.45 Å². The van der Waals surface area contributed by atoms with Gasteiger partial charge in [-0.1, -0.05) is 0 Å². The van der Waals surface area contributed by atoms with E-state index in [4.69, 9.17) is 18.6 Å². The standard InChI is InChI=1S/2C16H21.C7H9Si.2ClH.Ti/c2*1-10(2)13-8-14-6-12(5)7-16(14)15(9-13)11(3)4;1-8-7-5-3-2-4-6-7;;;/h2*6-11H,1-5H3;2-6,8H,1H3;2*1H;/q;;;;;+2/p-2. The molecule has 3 unspecified atom stereocenters. The van der Waals surface area contributed by atoms with Crippen molar-refractivity contribution in [3.8, 4) is 0 Å². The Bertz CT molecular complexity index is 1510. The predicted molar refractivity (Wildman–Crippen MR) is 193 cm³/mol. The molecule has 229 valence electrons. The van der Waals surface area contributed by atoms with Crippen LogP contribution in [0.1, 0.15) is 146 Å². The average Bonchev–Trinajstić information content (AvgIpc) is 3.47. The predicted octanol–water partition coefficient (Wildman–Crippen LogP) is 12.1. The second-order valence-corrected chi connectivity index (χ2v) is 42.5. The average molecular weight is 667 g/mol. The van der Waals surface area contributed by atoms with E-state index in [0.717, 1.165) is 0 Å². The van der Waals surface area contributed by atoms with Crippen molar-refractivity contribution < 1.29 is 12.4 Å². The van der Waals surface area contributed by atoms with Gasteiger partial charge in [0.2, 0.25) is 0 Å². The first-order valence-corrected chi connectivity index (χ1v) is 27.5. The first kappa shape index (κ1) is 33.0. The van der Waals surface area contributed by atoms with Crippen LogP contribution in [0.4, 0.5) is 0 Å². The molecule has 0 fully saturated rings. The van der Waals surface area contributed by atoms with Crippen molar-refractivity contribution in [2.45, 2.75) is 108 Å². The molecule has 0 radical (unpaired) electrons. The van der Waals surface area contributed by atoms with Gasteiger partial charge in [0.15, 0.2) is 0 Å². The summed E-state index contributed by atoms with van der Waals surface area (Å²) in [6, 6.07) is 21.0. The Morgan fingerprint density at radius 3 is 1.35 bits per heavy atom. The van der Waals surface area contributed by atoms with Gasteiger partial charge in [0.1, 0.15) is 0 Å². The van der Waals surface area contributed by atoms with Crippen LogP contribution in [0, 0.1) is 0 Å². The molecule has 0 N–H and O–H groups in total. The Kier molecular flexibility index (Phi) is 9.05. The van der Waals surface area contributed by atoms with Crippen LogP contribution in [0.2, 0.25) is 6.55 Å².